The second-order valence-corrected chi connectivity index (χ2v) is 17.7. The predicted molar refractivity (Wildman–Crippen MR) is 199 cm³/mol. The number of hydrogen-bond acceptors (Lipinski definition) is 11. The van der Waals surface area contributed by atoms with Crippen LogP contribution in [-0.4, -0.2) is 95.3 Å². The van der Waals surface area contributed by atoms with Crippen molar-refractivity contribution >= 4 is 44.9 Å². The number of halogens is 3. The fourth-order valence-corrected chi connectivity index (χ4v) is 8.61. The van der Waals surface area contributed by atoms with E-state index in [2.05, 4.69) is 25.3 Å². The number of carbonyl (C=O) groups excluding carboxylic acids is 4. The molecule has 0 spiro atoms. The van der Waals surface area contributed by atoms with Gasteiger partial charge in [-0.1, -0.05) is 38.8 Å². The van der Waals surface area contributed by atoms with E-state index in [0.717, 1.165) is 4.90 Å². The summed E-state index contributed by atoms with van der Waals surface area (Å²) >= 11 is 0. The summed E-state index contributed by atoms with van der Waals surface area (Å²) < 4.78 is 87.1. The molecule has 3 heterocycles. The van der Waals surface area contributed by atoms with Gasteiger partial charge in [0, 0.05) is 18.4 Å². The molecule has 312 valence electrons. The summed E-state index contributed by atoms with van der Waals surface area (Å²) in [7, 11) is -2.71. The Morgan fingerprint density at radius 1 is 1.09 bits per heavy atom. The topological polar surface area (TPSA) is 195 Å². The number of carbonyl (C=O) groups is 4. The summed E-state index contributed by atoms with van der Waals surface area (Å²) in [5, 5.41) is 5.37. The monoisotopic (exact) mass is 822 g/mol. The molecule has 1 unspecified atom stereocenters. The summed E-state index contributed by atoms with van der Waals surface area (Å²) in [5.74, 6) is -3.63. The van der Waals surface area contributed by atoms with Gasteiger partial charge in [-0.25, -0.2) is 23.2 Å². The Kier molecular flexibility index (Phi) is 12.0. The van der Waals surface area contributed by atoms with Crippen molar-refractivity contribution in [3.05, 3.63) is 36.0 Å². The zero-order valence-corrected chi connectivity index (χ0v) is 33.1. The fourth-order valence-electron chi connectivity index (χ4n) is 7.30. The predicted octanol–water partition coefficient (Wildman–Crippen LogP) is 4.68. The van der Waals surface area contributed by atoms with Crippen LogP contribution in [0.15, 0.2) is 30.4 Å². The lowest BCUT2D eigenvalue weighted by Gasteiger charge is -2.30. The van der Waals surface area contributed by atoms with E-state index in [1.54, 1.807) is 6.08 Å². The number of alkyl halides is 3. The maximum absolute atomic E-state index is 14.5. The number of allylic oxidation sites excluding steroid dienone is 1. The number of nitrogens with zero attached hydrogens (tertiary/aromatic N) is 3. The number of methoxy groups -OCH3 is 1. The number of hydrogen-bond donors (Lipinski definition) is 3. The molecule has 1 saturated heterocycles. The Morgan fingerprint density at radius 3 is 2.49 bits per heavy atom. The van der Waals surface area contributed by atoms with Crippen LogP contribution in [-0.2, 0) is 35.3 Å². The zero-order chi connectivity index (χ0) is 41.3. The second kappa shape index (κ2) is 16.3. The maximum Gasteiger partial charge on any atom is 0.438 e. The number of nitrogens with one attached hydrogen (secondary N) is 3. The first-order chi connectivity index (χ1) is 26.9. The maximum atomic E-state index is 14.5. The van der Waals surface area contributed by atoms with Crippen LogP contribution in [0.25, 0.3) is 11.0 Å². The van der Waals surface area contributed by atoms with Crippen LogP contribution >= 0.6 is 0 Å². The highest BCUT2D eigenvalue weighted by molar-refractivity contribution is 7.91. The molecular weight excluding hydrogens is 774 g/mol. The minimum atomic E-state index is -5.00. The van der Waals surface area contributed by atoms with Gasteiger partial charge < -0.3 is 29.7 Å². The highest BCUT2D eigenvalue weighted by atomic mass is 32.2. The van der Waals surface area contributed by atoms with Crippen LogP contribution in [0.3, 0.4) is 0 Å². The number of amides is 4. The normalized spacial score (nSPS) is 26.9. The fraction of sp³-hybridized carbons (Fsp3) is 0.632. The lowest BCUT2D eigenvalue weighted by molar-refractivity contribution is -0.143. The number of ether oxygens (including phenoxy) is 3. The van der Waals surface area contributed by atoms with E-state index in [-0.39, 0.29) is 30.3 Å². The molecule has 0 bridgehead atoms. The van der Waals surface area contributed by atoms with Crippen LogP contribution in [0, 0.1) is 5.92 Å². The Bertz CT molecular complexity index is 2020. The first-order valence-electron chi connectivity index (χ1n) is 19.4. The third-order valence-corrected chi connectivity index (χ3v) is 13.5. The molecule has 19 heteroatoms. The lowest BCUT2D eigenvalue weighted by Crippen LogP contribution is -2.58. The smallest absolute Gasteiger partial charge is 0.438 e. The molecule has 6 rings (SSSR count). The van der Waals surface area contributed by atoms with Crippen molar-refractivity contribution in [2.75, 3.05) is 13.7 Å². The SMILES string of the molecule is CCC(CC)OC(=O)N[C@H]1CCCCC/C=C\C2C[C@@]2(C(=O)NS(=O)(=O)C2(C)CC2)NC(=O)[C@@H]2C[C@@H](Oc3nc4cc(OC)ccc4nc3C(F)(F)F)CN2C1=O. The van der Waals surface area contributed by atoms with E-state index in [0.29, 0.717) is 57.1 Å². The molecule has 57 heavy (non-hydrogen) atoms. The van der Waals surface area contributed by atoms with Crippen molar-refractivity contribution in [1.29, 1.82) is 0 Å². The molecule has 4 amide bonds. The summed E-state index contributed by atoms with van der Waals surface area (Å²) in [6.45, 7) is 4.81. The lowest BCUT2D eigenvalue weighted by atomic mass is 10.0. The number of alkyl carbamates (subject to hydrolysis) is 1. The third kappa shape index (κ3) is 9.07. The zero-order valence-electron chi connectivity index (χ0n) is 32.3. The molecule has 3 N–H and O–H groups in total. The number of rotatable bonds is 10. The molecule has 2 saturated carbocycles. The van der Waals surface area contributed by atoms with Gasteiger partial charge in [0.25, 0.3) is 5.91 Å². The molecule has 2 aliphatic carbocycles. The molecule has 15 nitrogen and oxygen atoms in total. The van der Waals surface area contributed by atoms with Gasteiger partial charge in [-0.15, -0.1) is 0 Å². The highest BCUT2D eigenvalue weighted by Gasteiger charge is 2.63. The van der Waals surface area contributed by atoms with Crippen molar-refractivity contribution in [2.45, 2.75) is 132 Å². The van der Waals surface area contributed by atoms with Crippen LogP contribution < -0.4 is 24.8 Å². The molecule has 4 aliphatic rings. The Balaban J connectivity index is 1.34. The van der Waals surface area contributed by atoms with Crippen molar-refractivity contribution < 1.29 is 55.0 Å². The van der Waals surface area contributed by atoms with E-state index < -0.39 is 98.6 Å². The first kappa shape index (κ1) is 41.9. The Morgan fingerprint density at radius 2 is 1.82 bits per heavy atom. The van der Waals surface area contributed by atoms with Gasteiger partial charge in [0.2, 0.25) is 33.4 Å². The van der Waals surface area contributed by atoms with Crippen LogP contribution in [0.5, 0.6) is 11.6 Å². The van der Waals surface area contributed by atoms with Crippen LogP contribution in [0.2, 0.25) is 0 Å². The molecule has 2 aliphatic heterocycles. The quantitative estimate of drug-likeness (QED) is 0.282. The summed E-state index contributed by atoms with van der Waals surface area (Å²) in [4.78, 5) is 64.7. The number of aromatic nitrogens is 2. The molecule has 3 fully saturated rings. The van der Waals surface area contributed by atoms with Gasteiger partial charge in [-0.2, -0.15) is 13.2 Å². The number of benzene rings is 1. The summed E-state index contributed by atoms with van der Waals surface area (Å²) in [6.07, 6.45) is 0.288. The van der Waals surface area contributed by atoms with Crippen LogP contribution in [0.4, 0.5) is 18.0 Å². The summed E-state index contributed by atoms with van der Waals surface area (Å²) in [5.41, 5.74) is -3.14. The van der Waals surface area contributed by atoms with Gasteiger partial charge in [0.05, 0.1) is 29.4 Å². The average Bonchev–Trinajstić information content (AvgIpc) is 4.04. The molecule has 1 aromatic heterocycles. The van der Waals surface area contributed by atoms with Gasteiger partial charge >= 0.3 is 12.3 Å². The average molecular weight is 823 g/mol. The molecule has 1 aromatic carbocycles. The molecule has 2 aromatic rings. The Labute approximate surface area is 328 Å². The number of sulfonamides is 1. The molecule has 0 radical (unpaired) electrons. The van der Waals surface area contributed by atoms with E-state index in [1.807, 2.05) is 19.9 Å². The van der Waals surface area contributed by atoms with E-state index >= 15 is 0 Å². The van der Waals surface area contributed by atoms with Crippen molar-refractivity contribution in [3.63, 3.8) is 0 Å². The largest absolute Gasteiger partial charge is 0.497 e. The number of fused-ring (bicyclic) bond motifs is 3. The van der Waals surface area contributed by atoms with E-state index in [1.165, 1.54) is 32.2 Å². The molecule has 5 atom stereocenters. The first-order valence-corrected chi connectivity index (χ1v) is 20.8. The van der Waals surface area contributed by atoms with Crippen molar-refractivity contribution in [2.24, 2.45) is 5.92 Å². The van der Waals surface area contributed by atoms with Crippen LogP contribution in [0.1, 0.15) is 97.1 Å². The van der Waals surface area contributed by atoms with Crippen molar-refractivity contribution in [3.8, 4) is 11.6 Å². The highest BCUT2D eigenvalue weighted by Crippen LogP contribution is 2.47. The third-order valence-electron chi connectivity index (χ3n) is 11.3. The standard InChI is InChI=1S/C38H49F3N6O9S/c1-5-23(6-2)56-35(51)44-27-13-11-9-7-8-10-12-22-20-37(22,34(50)46-57(52,53)36(3)16-17-36)45-31(48)29-19-25(21-47(29)33(27)49)55-32-30(38(39,40)41)42-26-15-14-24(54-4)18-28(26)43-32/h10,12,14-15,18,22-23,25,27,29H,5-9,11,13,16-17,19-21H2,1-4H3,(H,44,51)(H,45,48)(H,46,50)/b12-10-/t22?,25-,27+,29+,37-/m1/s1. The van der Waals surface area contributed by atoms with Gasteiger partial charge in [0.1, 0.15) is 35.6 Å². The molecular formula is C38H49F3N6O9S. The second-order valence-electron chi connectivity index (χ2n) is 15.5. The van der Waals surface area contributed by atoms with E-state index in [9.17, 15) is 40.8 Å². The minimum Gasteiger partial charge on any atom is -0.497 e. The van der Waals surface area contributed by atoms with Gasteiger partial charge in [-0.3, -0.25) is 19.1 Å². The summed E-state index contributed by atoms with van der Waals surface area (Å²) in [6, 6.07) is 1.54. The van der Waals surface area contributed by atoms with Gasteiger partial charge in [-0.05, 0) is 70.4 Å². The van der Waals surface area contributed by atoms with Crippen molar-refractivity contribution in [1.82, 2.24) is 30.2 Å². The van der Waals surface area contributed by atoms with E-state index in [4.69, 9.17) is 14.2 Å². The minimum absolute atomic E-state index is 0.0371. The Hall–Kier alpha value is -4.68. The van der Waals surface area contributed by atoms with Gasteiger partial charge in [0.15, 0.2) is 0 Å².